The molecule has 4 aromatic rings. The van der Waals surface area contributed by atoms with Crippen molar-refractivity contribution >= 4 is 32.7 Å². The van der Waals surface area contributed by atoms with Crippen LogP contribution in [0.2, 0.25) is 0 Å². The number of amides is 1. The van der Waals surface area contributed by atoms with Crippen molar-refractivity contribution in [3.63, 3.8) is 0 Å². The van der Waals surface area contributed by atoms with Gasteiger partial charge in [-0.05, 0) is 64.0 Å². The molecule has 31 heavy (non-hydrogen) atoms. The van der Waals surface area contributed by atoms with E-state index in [9.17, 15) is 18.0 Å². The number of carbonyl (C=O) groups is 1. The van der Waals surface area contributed by atoms with Crippen LogP contribution in [-0.2, 0) is 6.18 Å². The first-order valence-electron chi connectivity index (χ1n) is 9.26. The second-order valence-electron chi connectivity index (χ2n) is 6.81. The highest BCUT2D eigenvalue weighted by Crippen LogP contribution is 2.32. The summed E-state index contributed by atoms with van der Waals surface area (Å²) in [5.74, 6) is -0.394. The van der Waals surface area contributed by atoms with Gasteiger partial charge < -0.3 is 5.32 Å². The van der Waals surface area contributed by atoms with Crippen LogP contribution in [0.5, 0.6) is 0 Å². The first kappa shape index (κ1) is 21.0. The molecule has 0 spiro atoms. The molecule has 4 nitrogen and oxygen atoms in total. The van der Waals surface area contributed by atoms with Crippen molar-refractivity contribution in [3.05, 3.63) is 106 Å². The van der Waals surface area contributed by atoms with Crippen LogP contribution in [-0.4, -0.2) is 15.9 Å². The zero-order chi connectivity index (χ0) is 22.0. The Bertz CT molecular complexity index is 1240. The number of pyridine rings is 2. The fourth-order valence-corrected chi connectivity index (χ4v) is 3.69. The molecule has 0 radical (unpaired) electrons. The van der Waals surface area contributed by atoms with Crippen LogP contribution in [0.4, 0.5) is 13.2 Å². The third-order valence-electron chi connectivity index (χ3n) is 4.78. The highest BCUT2D eigenvalue weighted by molar-refractivity contribution is 9.10. The maximum atomic E-state index is 13.0. The fourth-order valence-electron chi connectivity index (χ4n) is 3.21. The number of benzene rings is 2. The molecule has 0 bridgehead atoms. The van der Waals surface area contributed by atoms with Gasteiger partial charge in [-0.25, -0.2) is 0 Å². The number of alkyl halides is 3. The first-order valence-corrected chi connectivity index (χ1v) is 10.1. The summed E-state index contributed by atoms with van der Waals surface area (Å²) in [7, 11) is 0. The predicted molar refractivity (Wildman–Crippen MR) is 114 cm³/mol. The van der Waals surface area contributed by atoms with Crippen LogP contribution >= 0.6 is 15.9 Å². The Labute approximate surface area is 184 Å². The largest absolute Gasteiger partial charge is 0.416 e. The SMILES string of the molecule is O=C(N[C@@H](c1ccc(C(F)(F)F)cc1)c1ncccc1Br)c1ccc2cccnc2c1. The van der Waals surface area contributed by atoms with E-state index in [0.717, 1.165) is 17.5 Å². The lowest BCUT2D eigenvalue weighted by Gasteiger charge is -2.21. The van der Waals surface area contributed by atoms with Crippen molar-refractivity contribution in [1.82, 2.24) is 15.3 Å². The van der Waals surface area contributed by atoms with E-state index in [-0.39, 0.29) is 0 Å². The van der Waals surface area contributed by atoms with Crippen molar-refractivity contribution in [3.8, 4) is 0 Å². The van der Waals surface area contributed by atoms with E-state index in [1.165, 1.54) is 12.1 Å². The van der Waals surface area contributed by atoms with Crippen LogP contribution in [0.15, 0.2) is 83.6 Å². The minimum absolute atomic E-state index is 0.384. The summed E-state index contributed by atoms with van der Waals surface area (Å²) in [6.45, 7) is 0. The summed E-state index contributed by atoms with van der Waals surface area (Å²) >= 11 is 3.42. The molecule has 2 aromatic heterocycles. The van der Waals surface area contributed by atoms with Gasteiger partial charge in [0.15, 0.2) is 0 Å². The molecule has 8 heteroatoms. The van der Waals surface area contributed by atoms with Crippen LogP contribution in [0.25, 0.3) is 10.9 Å². The van der Waals surface area contributed by atoms with E-state index in [4.69, 9.17) is 0 Å². The van der Waals surface area contributed by atoms with Crippen molar-refractivity contribution in [2.24, 2.45) is 0 Å². The Morgan fingerprint density at radius 3 is 2.35 bits per heavy atom. The average Bonchev–Trinajstić information content (AvgIpc) is 2.77. The normalized spacial score (nSPS) is 12.5. The van der Waals surface area contributed by atoms with Crippen molar-refractivity contribution in [2.75, 3.05) is 0 Å². The highest BCUT2D eigenvalue weighted by atomic mass is 79.9. The first-order chi connectivity index (χ1) is 14.8. The second kappa shape index (κ2) is 8.47. The van der Waals surface area contributed by atoms with E-state index in [2.05, 4.69) is 31.2 Å². The van der Waals surface area contributed by atoms with Gasteiger partial charge in [-0.1, -0.05) is 24.3 Å². The minimum Gasteiger partial charge on any atom is -0.339 e. The summed E-state index contributed by atoms with van der Waals surface area (Å²) in [5.41, 5.74) is 1.24. The molecule has 0 aliphatic heterocycles. The van der Waals surface area contributed by atoms with E-state index in [1.807, 2.05) is 6.07 Å². The van der Waals surface area contributed by atoms with Crippen LogP contribution in [0.1, 0.15) is 33.2 Å². The summed E-state index contributed by atoms with van der Waals surface area (Å²) in [6.07, 6.45) is -1.25. The monoisotopic (exact) mass is 485 g/mol. The molecule has 0 aliphatic rings. The Hall–Kier alpha value is -3.26. The third-order valence-corrected chi connectivity index (χ3v) is 5.45. The van der Waals surface area contributed by atoms with Crippen molar-refractivity contribution in [2.45, 2.75) is 12.2 Å². The Morgan fingerprint density at radius 2 is 1.65 bits per heavy atom. The zero-order valence-electron chi connectivity index (χ0n) is 15.9. The molecular formula is C23H15BrF3N3O. The molecule has 4 rings (SSSR count). The van der Waals surface area contributed by atoms with Gasteiger partial charge in [0, 0.05) is 27.8 Å². The molecule has 1 amide bonds. The summed E-state index contributed by atoms with van der Waals surface area (Å²) < 4.78 is 39.5. The van der Waals surface area contributed by atoms with E-state index in [0.29, 0.717) is 26.8 Å². The van der Waals surface area contributed by atoms with E-state index < -0.39 is 23.7 Å². The smallest absolute Gasteiger partial charge is 0.339 e. The van der Waals surface area contributed by atoms with Gasteiger partial charge in [0.2, 0.25) is 0 Å². The van der Waals surface area contributed by atoms with Gasteiger partial charge in [0.25, 0.3) is 5.91 Å². The molecule has 0 fully saturated rings. The lowest BCUT2D eigenvalue weighted by Crippen LogP contribution is -2.30. The molecule has 1 atom stereocenters. The number of nitrogens with zero attached hydrogens (tertiary/aromatic N) is 2. The zero-order valence-corrected chi connectivity index (χ0v) is 17.5. The molecule has 0 saturated carbocycles. The van der Waals surface area contributed by atoms with Crippen molar-refractivity contribution in [1.29, 1.82) is 0 Å². The van der Waals surface area contributed by atoms with Crippen molar-refractivity contribution < 1.29 is 18.0 Å². The minimum atomic E-state index is -4.44. The number of rotatable bonds is 4. The molecule has 0 saturated heterocycles. The fraction of sp³-hybridized carbons (Fsp3) is 0.0870. The van der Waals surface area contributed by atoms with Gasteiger partial charge in [0.1, 0.15) is 0 Å². The van der Waals surface area contributed by atoms with E-state index in [1.54, 1.807) is 48.8 Å². The number of halogens is 4. The third kappa shape index (κ3) is 4.59. The topological polar surface area (TPSA) is 54.9 Å². The molecule has 156 valence electrons. The lowest BCUT2D eigenvalue weighted by atomic mass is 10.0. The van der Waals surface area contributed by atoms with Gasteiger partial charge >= 0.3 is 6.18 Å². The van der Waals surface area contributed by atoms with Crippen LogP contribution < -0.4 is 5.32 Å². The number of hydrogen-bond acceptors (Lipinski definition) is 3. The maximum Gasteiger partial charge on any atom is 0.416 e. The Balaban J connectivity index is 1.70. The predicted octanol–water partition coefficient (Wildman–Crippen LogP) is 5.93. The molecule has 2 heterocycles. The maximum absolute atomic E-state index is 13.0. The Morgan fingerprint density at radius 1 is 0.935 bits per heavy atom. The standard InChI is InChI=1S/C23H15BrF3N3O/c24-18-4-2-12-29-21(18)20(15-7-9-17(10-8-15)23(25,26)27)30-22(31)16-6-5-14-3-1-11-28-19(14)13-16/h1-13,20H,(H,30,31)/t20-/m0/s1. The van der Waals surface area contributed by atoms with E-state index >= 15 is 0 Å². The van der Waals surface area contributed by atoms with Gasteiger partial charge in [-0.2, -0.15) is 13.2 Å². The molecule has 0 unspecified atom stereocenters. The number of nitrogens with one attached hydrogen (secondary N) is 1. The average molecular weight is 486 g/mol. The lowest BCUT2D eigenvalue weighted by molar-refractivity contribution is -0.137. The van der Waals surface area contributed by atoms with Crippen LogP contribution in [0, 0.1) is 0 Å². The second-order valence-corrected chi connectivity index (χ2v) is 7.66. The Kier molecular flexibility index (Phi) is 5.73. The summed E-state index contributed by atoms with van der Waals surface area (Å²) in [4.78, 5) is 21.6. The number of carbonyl (C=O) groups excluding carboxylic acids is 1. The summed E-state index contributed by atoms with van der Waals surface area (Å²) in [5, 5.41) is 3.78. The molecular weight excluding hydrogens is 471 g/mol. The van der Waals surface area contributed by atoms with Gasteiger partial charge in [0.05, 0.1) is 22.8 Å². The molecule has 2 aromatic carbocycles. The molecule has 0 aliphatic carbocycles. The number of aromatic nitrogens is 2. The van der Waals surface area contributed by atoms with Gasteiger partial charge in [-0.15, -0.1) is 0 Å². The molecule has 1 N–H and O–H groups in total. The summed E-state index contributed by atoms with van der Waals surface area (Å²) in [6, 6.07) is 16.2. The highest BCUT2D eigenvalue weighted by Gasteiger charge is 2.31. The van der Waals surface area contributed by atoms with Crippen LogP contribution in [0.3, 0.4) is 0 Å². The number of hydrogen-bond donors (Lipinski definition) is 1. The van der Waals surface area contributed by atoms with Gasteiger partial charge in [-0.3, -0.25) is 14.8 Å². The quantitative estimate of drug-likeness (QED) is 0.389. The number of fused-ring (bicyclic) bond motifs is 1.